The van der Waals surface area contributed by atoms with Gasteiger partial charge in [-0.2, -0.15) is 5.26 Å². The third-order valence-corrected chi connectivity index (χ3v) is 4.17. The van der Waals surface area contributed by atoms with Crippen molar-refractivity contribution in [2.45, 2.75) is 13.3 Å². The first-order chi connectivity index (χ1) is 13.5. The SMILES string of the molecule is CCc1ccc(C=C(C#N)C(=O)Nc2cc3c(cc2[N+](=O)[O-])OCCO3)cc1. The number of hydrogen-bond donors (Lipinski definition) is 1. The topological polar surface area (TPSA) is 114 Å². The average Bonchev–Trinajstić information content (AvgIpc) is 2.71. The van der Waals surface area contributed by atoms with Gasteiger partial charge in [0.15, 0.2) is 11.5 Å². The van der Waals surface area contributed by atoms with Crippen LogP contribution in [0.4, 0.5) is 11.4 Å². The molecule has 1 N–H and O–H groups in total. The summed E-state index contributed by atoms with van der Waals surface area (Å²) in [5, 5.41) is 23.1. The molecule has 8 nitrogen and oxygen atoms in total. The number of nitrogens with one attached hydrogen (secondary N) is 1. The number of fused-ring (bicyclic) bond motifs is 1. The van der Waals surface area contributed by atoms with Gasteiger partial charge in [0.1, 0.15) is 30.5 Å². The molecular weight excluding hydrogens is 362 g/mol. The molecule has 0 aliphatic carbocycles. The van der Waals surface area contributed by atoms with Crippen molar-refractivity contribution < 1.29 is 19.2 Å². The molecule has 0 aromatic heterocycles. The zero-order valence-electron chi connectivity index (χ0n) is 15.1. The van der Waals surface area contributed by atoms with Crippen LogP contribution in [0.2, 0.25) is 0 Å². The molecule has 1 heterocycles. The summed E-state index contributed by atoms with van der Waals surface area (Å²) in [6.45, 7) is 2.61. The minimum atomic E-state index is -0.748. The summed E-state index contributed by atoms with van der Waals surface area (Å²) >= 11 is 0. The third-order valence-electron chi connectivity index (χ3n) is 4.17. The van der Waals surface area contributed by atoms with Crippen molar-refractivity contribution in [1.82, 2.24) is 0 Å². The number of benzene rings is 2. The Kier molecular flexibility index (Phi) is 5.56. The molecule has 28 heavy (non-hydrogen) atoms. The summed E-state index contributed by atoms with van der Waals surface area (Å²) in [5.74, 6) is -0.213. The quantitative estimate of drug-likeness (QED) is 0.368. The minimum Gasteiger partial charge on any atom is -0.486 e. The maximum atomic E-state index is 12.5. The maximum Gasteiger partial charge on any atom is 0.296 e. The highest BCUT2D eigenvalue weighted by Gasteiger charge is 2.24. The van der Waals surface area contributed by atoms with E-state index in [1.165, 1.54) is 18.2 Å². The monoisotopic (exact) mass is 379 g/mol. The molecule has 1 aliphatic heterocycles. The molecule has 0 bridgehead atoms. The molecule has 3 rings (SSSR count). The highest BCUT2D eigenvalue weighted by atomic mass is 16.6. The predicted molar refractivity (Wildman–Crippen MR) is 102 cm³/mol. The van der Waals surface area contributed by atoms with E-state index >= 15 is 0 Å². The highest BCUT2D eigenvalue weighted by Crippen LogP contribution is 2.39. The zero-order chi connectivity index (χ0) is 20.1. The number of aryl methyl sites for hydroxylation is 1. The molecule has 142 valence electrons. The first-order valence-corrected chi connectivity index (χ1v) is 8.62. The Hall–Kier alpha value is -3.86. The van der Waals surface area contributed by atoms with Crippen molar-refractivity contribution >= 4 is 23.4 Å². The van der Waals surface area contributed by atoms with Crippen molar-refractivity contribution in [3.63, 3.8) is 0 Å². The summed E-state index contributed by atoms with van der Waals surface area (Å²) in [6, 6.07) is 11.8. The molecule has 0 unspecified atom stereocenters. The molecule has 2 aromatic carbocycles. The van der Waals surface area contributed by atoms with Crippen LogP contribution in [0, 0.1) is 21.4 Å². The van der Waals surface area contributed by atoms with Gasteiger partial charge in [-0.15, -0.1) is 0 Å². The number of rotatable bonds is 5. The van der Waals surface area contributed by atoms with E-state index in [9.17, 15) is 20.2 Å². The molecule has 0 fully saturated rings. The largest absolute Gasteiger partial charge is 0.486 e. The molecule has 0 spiro atoms. The van der Waals surface area contributed by atoms with Crippen LogP contribution in [-0.2, 0) is 11.2 Å². The Morgan fingerprint density at radius 2 is 1.89 bits per heavy atom. The van der Waals surface area contributed by atoms with E-state index in [2.05, 4.69) is 5.32 Å². The van der Waals surface area contributed by atoms with E-state index in [0.717, 1.165) is 12.0 Å². The Morgan fingerprint density at radius 1 is 1.25 bits per heavy atom. The zero-order valence-corrected chi connectivity index (χ0v) is 15.1. The van der Waals surface area contributed by atoms with Crippen molar-refractivity contribution in [2.24, 2.45) is 0 Å². The molecule has 1 aliphatic rings. The third kappa shape index (κ3) is 4.10. The first kappa shape index (κ1) is 18.9. The summed E-state index contributed by atoms with van der Waals surface area (Å²) in [7, 11) is 0. The first-order valence-electron chi connectivity index (χ1n) is 8.62. The van der Waals surface area contributed by atoms with Crippen LogP contribution in [-0.4, -0.2) is 24.0 Å². The fourth-order valence-corrected chi connectivity index (χ4v) is 2.68. The van der Waals surface area contributed by atoms with Crippen LogP contribution in [0.5, 0.6) is 11.5 Å². The summed E-state index contributed by atoms with van der Waals surface area (Å²) in [6.07, 6.45) is 2.31. The van der Waals surface area contributed by atoms with Crippen LogP contribution in [0.15, 0.2) is 42.0 Å². The van der Waals surface area contributed by atoms with Crippen LogP contribution < -0.4 is 14.8 Å². The maximum absolute atomic E-state index is 12.5. The summed E-state index contributed by atoms with van der Waals surface area (Å²) in [5.41, 5.74) is 1.23. The van der Waals surface area contributed by atoms with Gasteiger partial charge in [-0.25, -0.2) is 0 Å². The average molecular weight is 379 g/mol. The van der Waals surface area contributed by atoms with Gasteiger partial charge in [0, 0.05) is 6.07 Å². The second-order valence-electron chi connectivity index (χ2n) is 5.99. The summed E-state index contributed by atoms with van der Waals surface area (Å²) in [4.78, 5) is 23.2. The Balaban J connectivity index is 1.89. The van der Waals surface area contributed by atoms with Gasteiger partial charge in [-0.05, 0) is 23.6 Å². The second-order valence-corrected chi connectivity index (χ2v) is 5.99. The lowest BCUT2D eigenvalue weighted by Gasteiger charge is -2.19. The van der Waals surface area contributed by atoms with E-state index < -0.39 is 10.8 Å². The van der Waals surface area contributed by atoms with E-state index in [-0.39, 0.29) is 29.3 Å². The van der Waals surface area contributed by atoms with Crippen molar-refractivity contribution in [1.29, 1.82) is 5.26 Å². The van der Waals surface area contributed by atoms with Gasteiger partial charge >= 0.3 is 0 Å². The Labute approximate surface area is 161 Å². The van der Waals surface area contributed by atoms with Crippen LogP contribution in [0.1, 0.15) is 18.1 Å². The van der Waals surface area contributed by atoms with Gasteiger partial charge in [0.05, 0.1) is 11.0 Å². The normalized spacial score (nSPS) is 12.8. The van der Waals surface area contributed by atoms with E-state index in [1.54, 1.807) is 12.1 Å². The number of hydrogen-bond acceptors (Lipinski definition) is 6. The molecule has 8 heteroatoms. The van der Waals surface area contributed by atoms with Crippen molar-refractivity contribution in [2.75, 3.05) is 18.5 Å². The number of ether oxygens (including phenoxy) is 2. The predicted octanol–water partition coefficient (Wildman–Crippen LogP) is 3.47. The lowest BCUT2D eigenvalue weighted by molar-refractivity contribution is -0.384. The van der Waals surface area contributed by atoms with Crippen LogP contribution >= 0.6 is 0 Å². The minimum absolute atomic E-state index is 0.0678. The van der Waals surface area contributed by atoms with Gasteiger partial charge in [0.2, 0.25) is 0 Å². The van der Waals surface area contributed by atoms with Crippen LogP contribution in [0.25, 0.3) is 6.08 Å². The lowest BCUT2D eigenvalue weighted by Crippen LogP contribution is -2.18. The lowest BCUT2D eigenvalue weighted by atomic mass is 10.1. The number of amides is 1. The number of nitrogens with zero attached hydrogens (tertiary/aromatic N) is 2. The number of nitro benzene ring substituents is 1. The van der Waals surface area contributed by atoms with Gasteiger partial charge < -0.3 is 14.8 Å². The molecule has 0 saturated carbocycles. The molecule has 2 aromatic rings. The molecule has 1 amide bonds. The Bertz CT molecular complexity index is 990. The van der Waals surface area contributed by atoms with E-state index in [0.29, 0.717) is 17.9 Å². The van der Waals surface area contributed by atoms with Gasteiger partial charge in [0.25, 0.3) is 11.6 Å². The number of nitriles is 1. The molecule has 0 radical (unpaired) electrons. The van der Waals surface area contributed by atoms with Gasteiger partial charge in [-0.1, -0.05) is 31.2 Å². The molecule has 0 atom stereocenters. The second kappa shape index (κ2) is 8.22. The van der Waals surface area contributed by atoms with Crippen molar-refractivity contribution in [3.05, 3.63) is 63.2 Å². The fourth-order valence-electron chi connectivity index (χ4n) is 2.68. The molecular formula is C20H17N3O5. The van der Waals surface area contributed by atoms with Crippen LogP contribution in [0.3, 0.4) is 0 Å². The smallest absolute Gasteiger partial charge is 0.296 e. The van der Waals surface area contributed by atoms with Crippen molar-refractivity contribution in [3.8, 4) is 17.6 Å². The highest BCUT2D eigenvalue weighted by molar-refractivity contribution is 6.10. The number of carbonyl (C=O) groups is 1. The van der Waals surface area contributed by atoms with E-state index in [1.807, 2.05) is 25.1 Å². The van der Waals surface area contributed by atoms with Gasteiger partial charge in [-0.3, -0.25) is 14.9 Å². The fraction of sp³-hybridized carbons (Fsp3) is 0.200. The Morgan fingerprint density at radius 3 is 2.46 bits per heavy atom. The number of anilines is 1. The number of carbonyl (C=O) groups excluding carboxylic acids is 1. The standard InChI is InChI=1S/C20H17N3O5/c1-2-13-3-5-14(6-4-13)9-15(12-21)20(24)22-16-10-18-19(28-8-7-27-18)11-17(16)23(25)26/h3-6,9-11H,2,7-8H2,1H3,(H,22,24). The number of nitro groups is 1. The van der Waals surface area contributed by atoms with E-state index in [4.69, 9.17) is 9.47 Å². The molecule has 0 saturated heterocycles. The summed E-state index contributed by atoms with van der Waals surface area (Å²) < 4.78 is 10.7.